The van der Waals surface area contributed by atoms with Gasteiger partial charge >= 0.3 is 5.97 Å². The van der Waals surface area contributed by atoms with Gasteiger partial charge in [0, 0.05) is 17.8 Å². The fraction of sp³-hybridized carbons (Fsp3) is 0.400. The molecule has 8 N–H and O–H groups in total. The Morgan fingerprint density at radius 1 is 1.31 bits per heavy atom. The summed E-state index contributed by atoms with van der Waals surface area (Å²) >= 11 is 0. The average Bonchev–Trinajstić information content (AvgIpc) is 2.54. The third kappa shape index (κ3) is 6.36. The number of hydrogen-bond donors (Lipinski definition) is 6. The molecule has 1 aromatic carbocycles. The number of hydrogen-bond acceptors (Lipinski definition) is 6. The Balaban J connectivity index is 2.90. The number of carbonyl (C=O) groups is 2. The van der Waals surface area contributed by atoms with E-state index in [0.717, 1.165) is 5.56 Å². The minimum Gasteiger partial charge on any atom is -0.478 e. The van der Waals surface area contributed by atoms with Crippen LogP contribution in [0, 0.1) is 15.5 Å². The van der Waals surface area contributed by atoms with Crippen LogP contribution >= 0.6 is 0 Å². The lowest BCUT2D eigenvalue weighted by Crippen LogP contribution is -2.68. The van der Waals surface area contributed by atoms with E-state index in [1.807, 2.05) is 0 Å². The summed E-state index contributed by atoms with van der Waals surface area (Å²) in [4.78, 5) is 33.9. The maximum absolute atomic E-state index is 12.4. The summed E-state index contributed by atoms with van der Waals surface area (Å²) < 4.78 is 0. The Hall–Kier alpha value is -3.21. The van der Waals surface area contributed by atoms with Crippen LogP contribution in [0.5, 0.6) is 0 Å². The molecule has 0 saturated carbocycles. The van der Waals surface area contributed by atoms with Crippen molar-refractivity contribution in [2.75, 3.05) is 6.54 Å². The van der Waals surface area contributed by atoms with Crippen molar-refractivity contribution in [2.24, 2.45) is 11.5 Å². The first-order chi connectivity index (χ1) is 12.2. The van der Waals surface area contributed by atoms with Crippen molar-refractivity contribution in [1.82, 2.24) is 10.6 Å². The molecule has 1 aromatic rings. The second-order valence-corrected chi connectivity index (χ2v) is 5.69. The monoisotopic (exact) mass is 366 g/mol. The largest absolute Gasteiger partial charge is 0.478 e. The van der Waals surface area contributed by atoms with Crippen LogP contribution in [0.25, 0.3) is 0 Å². The number of carboxylic acid groups (broad SMARTS) is 1. The first-order valence-electron chi connectivity index (χ1n) is 7.75. The van der Waals surface area contributed by atoms with Crippen LogP contribution in [0.3, 0.4) is 0 Å². The molecule has 11 nitrogen and oxygen atoms in total. The maximum Gasteiger partial charge on any atom is 0.350 e. The smallest absolute Gasteiger partial charge is 0.350 e. The number of rotatable bonds is 10. The number of aliphatic carboxylic acids is 1. The molecular formula is C15H22N6O5. The van der Waals surface area contributed by atoms with Gasteiger partial charge in [-0.15, -0.1) is 0 Å². The highest BCUT2D eigenvalue weighted by Crippen LogP contribution is 2.12. The molecule has 0 heterocycles. The lowest BCUT2D eigenvalue weighted by Gasteiger charge is -2.32. The molecule has 1 amide bonds. The summed E-state index contributed by atoms with van der Waals surface area (Å²) in [6.07, 6.45) is -0.349. The van der Waals surface area contributed by atoms with Crippen molar-refractivity contribution in [3.05, 3.63) is 46.0 Å². The summed E-state index contributed by atoms with van der Waals surface area (Å²) in [6.45, 7) is -0.499. The van der Waals surface area contributed by atoms with Gasteiger partial charge in [-0.05, 0) is 12.0 Å². The minimum absolute atomic E-state index is 0.159. The van der Waals surface area contributed by atoms with Crippen LogP contribution in [0.4, 0.5) is 0 Å². The maximum atomic E-state index is 12.4. The number of nitrogens with zero attached hydrogens (tertiary/aromatic N) is 1. The molecule has 0 aliphatic heterocycles. The van der Waals surface area contributed by atoms with Crippen LogP contribution in [0.15, 0.2) is 30.3 Å². The van der Waals surface area contributed by atoms with Gasteiger partial charge in [-0.2, -0.15) is 0 Å². The molecule has 0 saturated heterocycles. The summed E-state index contributed by atoms with van der Waals surface area (Å²) in [7, 11) is 0. The number of carboxylic acids is 1. The second-order valence-electron chi connectivity index (χ2n) is 5.69. The highest BCUT2D eigenvalue weighted by Gasteiger charge is 2.41. The third-order valence-corrected chi connectivity index (χ3v) is 3.58. The number of benzene rings is 1. The number of nitrogens with two attached hydrogens (primary N) is 2. The minimum atomic E-state index is -2.16. The topological polar surface area (TPSA) is 197 Å². The fourth-order valence-corrected chi connectivity index (χ4v) is 2.34. The Morgan fingerprint density at radius 3 is 2.42 bits per heavy atom. The van der Waals surface area contributed by atoms with E-state index in [1.54, 1.807) is 30.3 Å². The molecule has 11 heteroatoms. The number of guanidine groups is 1. The highest BCUT2D eigenvalue weighted by molar-refractivity contribution is 5.92. The van der Waals surface area contributed by atoms with Gasteiger partial charge in [0.15, 0.2) is 5.96 Å². The second kappa shape index (κ2) is 9.32. The molecule has 26 heavy (non-hydrogen) atoms. The van der Waals surface area contributed by atoms with Crippen molar-refractivity contribution < 1.29 is 19.6 Å². The lowest BCUT2D eigenvalue weighted by molar-refractivity contribution is -0.480. The summed E-state index contributed by atoms with van der Waals surface area (Å²) in [5.41, 5.74) is 9.68. The summed E-state index contributed by atoms with van der Waals surface area (Å²) in [5, 5.41) is 31.7. The zero-order valence-corrected chi connectivity index (χ0v) is 14.0. The number of nitro groups is 1. The molecule has 142 valence electrons. The molecule has 1 rings (SSSR count). The normalized spacial score (nSPS) is 13.9. The summed E-state index contributed by atoms with van der Waals surface area (Å²) in [5.74, 6) is -3.02. The van der Waals surface area contributed by atoms with Crippen molar-refractivity contribution in [1.29, 1.82) is 5.41 Å². The fourth-order valence-electron chi connectivity index (χ4n) is 2.34. The van der Waals surface area contributed by atoms with Gasteiger partial charge in [-0.3, -0.25) is 20.3 Å². The predicted molar refractivity (Wildman–Crippen MR) is 92.8 cm³/mol. The standard InChI is InChI=1S/C15H22N6O5/c16-11(9-10-5-2-1-3-6-10)12(22)19-15(13(23)24,20-14(17)18)7-4-8-21(25)26/h1-3,5-6,11H,4,7-9,16H2,(H,19,22)(H,23,24)(H4,17,18,20). The number of amides is 1. The molecule has 0 aliphatic carbocycles. The number of carbonyl (C=O) groups excluding carboxylic acids is 1. The zero-order chi connectivity index (χ0) is 19.7. The molecule has 0 aliphatic rings. The van der Waals surface area contributed by atoms with Crippen molar-refractivity contribution in [3.63, 3.8) is 0 Å². The average molecular weight is 366 g/mol. The van der Waals surface area contributed by atoms with Gasteiger partial charge in [-0.25, -0.2) is 4.79 Å². The summed E-state index contributed by atoms with van der Waals surface area (Å²) in [6, 6.07) is 7.83. The van der Waals surface area contributed by atoms with E-state index in [-0.39, 0.29) is 19.3 Å². The first kappa shape index (κ1) is 20.8. The van der Waals surface area contributed by atoms with Gasteiger partial charge in [0.25, 0.3) is 0 Å². The van der Waals surface area contributed by atoms with Crippen LogP contribution in [0.1, 0.15) is 18.4 Å². The molecule has 0 fully saturated rings. The Kier molecular flexibility index (Phi) is 7.47. The molecular weight excluding hydrogens is 344 g/mol. The zero-order valence-electron chi connectivity index (χ0n) is 14.0. The van der Waals surface area contributed by atoms with E-state index >= 15 is 0 Å². The number of nitrogens with one attached hydrogen (secondary N) is 3. The Morgan fingerprint density at radius 2 is 1.92 bits per heavy atom. The van der Waals surface area contributed by atoms with Crippen LogP contribution in [-0.4, -0.2) is 46.1 Å². The molecule has 0 bridgehead atoms. The first-order valence-corrected chi connectivity index (χ1v) is 7.75. The quantitative estimate of drug-likeness (QED) is 0.0995. The lowest BCUT2D eigenvalue weighted by atomic mass is 10.0. The van der Waals surface area contributed by atoms with Crippen molar-refractivity contribution in [2.45, 2.75) is 31.0 Å². The predicted octanol–water partition coefficient (Wildman–Crippen LogP) is -1.01. The van der Waals surface area contributed by atoms with Crippen LogP contribution < -0.4 is 22.1 Å². The molecule has 0 spiro atoms. The SMILES string of the molecule is N=C(N)NC(CCC[N+](=O)[O-])(NC(=O)C(N)Cc1ccccc1)C(=O)O. The van der Waals surface area contributed by atoms with E-state index in [9.17, 15) is 24.8 Å². The van der Waals surface area contributed by atoms with Crippen molar-refractivity contribution >= 4 is 17.8 Å². The van der Waals surface area contributed by atoms with Gasteiger partial charge in [-0.1, -0.05) is 30.3 Å². The van der Waals surface area contributed by atoms with Gasteiger partial charge < -0.3 is 27.2 Å². The van der Waals surface area contributed by atoms with Gasteiger partial charge in [0.2, 0.25) is 18.1 Å². The van der Waals surface area contributed by atoms with E-state index in [4.69, 9.17) is 16.9 Å². The van der Waals surface area contributed by atoms with Gasteiger partial charge in [0.1, 0.15) is 0 Å². The van der Waals surface area contributed by atoms with E-state index in [2.05, 4.69) is 10.6 Å². The van der Waals surface area contributed by atoms with Crippen molar-refractivity contribution in [3.8, 4) is 0 Å². The molecule has 0 radical (unpaired) electrons. The van der Waals surface area contributed by atoms with E-state index in [1.165, 1.54) is 0 Å². The van der Waals surface area contributed by atoms with Crippen LogP contribution in [0.2, 0.25) is 0 Å². The Bertz CT molecular complexity index is 668. The molecule has 2 unspecified atom stereocenters. The molecule has 0 aromatic heterocycles. The Labute approximate surface area is 149 Å². The van der Waals surface area contributed by atoms with Crippen LogP contribution in [-0.2, 0) is 16.0 Å². The van der Waals surface area contributed by atoms with Gasteiger partial charge in [0.05, 0.1) is 6.04 Å². The highest BCUT2D eigenvalue weighted by atomic mass is 16.6. The molecule has 2 atom stereocenters. The third-order valence-electron chi connectivity index (χ3n) is 3.58. The van der Waals surface area contributed by atoms with E-state index < -0.39 is 41.0 Å². The van der Waals surface area contributed by atoms with E-state index in [0.29, 0.717) is 0 Å².